The highest BCUT2D eigenvalue weighted by atomic mass is 16.5. The van der Waals surface area contributed by atoms with E-state index in [1.807, 2.05) is 74.5 Å². The van der Waals surface area contributed by atoms with Gasteiger partial charge in [0.15, 0.2) is 0 Å². The minimum Gasteiger partial charge on any atom is -0.478 e. The van der Waals surface area contributed by atoms with Gasteiger partial charge in [0, 0.05) is 18.7 Å². The van der Waals surface area contributed by atoms with Gasteiger partial charge in [-0.1, -0.05) is 60.7 Å². The molecule has 0 aliphatic heterocycles. The van der Waals surface area contributed by atoms with Gasteiger partial charge in [0.25, 0.3) is 5.91 Å². The van der Waals surface area contributed by atoms with E-state index >= 15 is 0 Å². The standard InChI is InChI=1S/C30H27NO4/c1-21-7-6-8-22(2)28(21)35-27-17-15-25(16-18-27)29(32)31(19-23-9-4-3-5-10-23)20-24-11-13-26(14-12-24)30(33)34/h3-18H,19-20H2,1-2H3,(H,33,34). The number of carbonyl (C=O) groups excluding carboxylic acids is 1. The number of aromatic carboxylic acids is 1. The Balaban J connectivity index is 1.55. The molecule has 0 aliphatic rings. The lowest BCUT2D eigenvalue weighted by atomic mass is 10.1. The molecule has 0 saturated heterocycles. The number of hydrogen-bond donors (Lipinski definition) is 1. The van der Waals surface area contributed by atoms with Crippen LogP contribution in [0.1, 0.15) is 43.0 Å². The van der Waals surface area contributed by atoms with Gasteiger partial charge >= 0.3 is 5.97 Å². The Hall–Kier alpha value is -4.38. The molecular formula is C30H27NO4. The number of amides is 1. The minimum atomic E-state index is -0.975. The van der Waals surface area contributed by atoms with Gasteiger partial charge in [-0.2, -0.15) is 0 Å². The SMILES string of the molecule is Cc1cccc(C)c1Oc1ccc(C(=O)N(Cc2ccccc2)Cc2ccc(C(=O)O)cc2)cc1. The van der Waals surface area contributed by atoms with E-state index in [4.69, 9.17) is 9.84 Å². The number of ether oxygens (including phenoxy) is 1. The predicted molar refractivity (Wildman–Crippen MR) is 136 cm³/mol. The Morgan fingerprint density at radius 2 is 1.23 bits per heavy atom. The molecule has 1 amide bonds. The second kappa shape index (κ2) is 10.7. The van der Waals surface area contributed by atoms with Crippen molar-refractivity contribution >= 4 is 11.9 Å². The highest BCUT2D eigenvalue weighted by molar-refractivity contribution is 5.94. The van der Waals surface area contributed by atoms with Gasteiger partial charge in [-0.05, 0) is 72.5 Å². The van der Waals surface area contributed by atoms with Gasteiger partial charge in [-0.25, -0.2) is 4.79 Å². The highest BCUT2D eigenvalue weighted by Crippen LogP contribution is 2.29. The van der Waals surface area contributed by atoms with Gasteiger partial charge in [-0.15, -0.1) is 0 Å². The molecule has 0 unspecified atom stereocenters. The van der Waals surface area contributed by atoms with Crippen LogP contribution in [0.15, 0.2) is 97.1 Å². The zero-order chi connectivity index (χ0) is 24.8. The summed E-state index contributed by atoms with van der Waals surface area (Å²) in [6, 6.07) is 29.6. The van der Waals surface area contributed by atoms with E-state index in [1.54, 1.807) is 41.3 Å². The van der Waals surface area contributed by atoms with Gasteiger partial charge in [0.2, 0.25) is 0 Å². The molecule has 5 nitrogen and oxygen atoms in total. The Morgan fingerprint density at radius 1 is 0.686 bits per heavy atom. The quantitative estimate of drug-likeness (QED) is 0.317. The first kappa shape index (κ1) is 23.8. The summed E-state index contributed by atoms with van der Waals surface area (Å²) in [7, 11) is 0. The molecule has 1 N–H and O–H groups in total. The van der Waals surface area contributed by atoms with Crippen LogP contribution in [0.4, 0.5) is 0 Å². The molecule has 0 atom stereocenters. The van der Waals surface area contributed by atoms with Crippen LogP contribution in [0.25, 0.3) is 0 Å². The summed E-state index contributed by atoms with van der Waals surface area (Å²) >= 11 is 0. The highest BCUT2D eigenvalue weighted by Gasteiger charge is 2.18. The lowest BCUT2D eigenvalue weighted by Crippen LogP contribution is -2.30. The van der Waals surface area contributed by atoms with Crippen molar-refractivity contribution in [2.45, 2.75) is 26.9 Å². The molecule has 5 heteroatoms. The Labute approximate surface area is 205 Å². The summed E-state index contributed by atoms with van der Waals surface area (Å²) in [5.74, 6) is 0.395. The van der Waals surface area contributed by atoms with Crippen LogP contribution in [0.2, 0.25) is 0 Å². The number of aryl methyl sites for hydroxylation is 2. The minimum absolute atomic E-state index is 0.116. The fraction of sp³-hybridized carbons (Fsp3) is 0.133. The number of nitrogens with zero attached hydrogens (tertiary/aromatic N) is 1. The first-order valence-electron chi connectivity index (χ1n) is 11.4. The van der Waals surface area contributed by atoms with E-state index in [9.17, 15) is 9.59 Å². The predicted octanol–water partition coefficient (Wildman–Crippen LogP) is 6.64. The molecule has 0 aromatic heterocycles. The fourth-order valence-electron chi connectivity index (χ4n) is 3.90. The molecule has 0 saturated carbocycles. The number of benzene rings is 4. The monoisotopic (exact) mass is 465 g/mol. The van der Waals surface area contributed by atoms with E-state index in [0.717, 1.165) is 28.0 Å². The normalized spacial score (nSPS) is 10.6. The maximum atomic E-state index is 13.5. The average Bonchev–Trinajstić information content (AvgIpc) is 2.87. The zero-order valence-corrected chi connectivity index (χ0v) is 19.8. The van der Waals surface area contributed by atoms with E-state index in [1.165, 1.54) is 0 Å². The summed E-state index contributed by atoms with van der Waals surface area (Å²) in [5.41, 5.74) is 4.74. The third-order valence-electron chi connectivity index (χ3n) is 5.81. The van der Waals surface area contributed by atoms with E-state index < -0.39 is 5.97 Å². The lowest BCUT2D eigenvalue weighted by molar-refractivity contribution is 0.0693. The molecular weight excluding hydrogens is 438 g/mol. The van der Waals surface area contributed by atoms with Crippen molar-refractivity contribution in [3.05, 3.63) is 130 Å². The first-order valence-corrected chi connectivity index (χ1v) is 11.4. The summed E-state index contributed by atoms with van der Waals surface area (Å²) in [5, 5.41) is 9.16. The summed E-state index contributed by atoms with van der Waals surface area (Å²) in [4.78, 5) is 26.4. The average molecular weight is 466 g/mol. The van der Waals surface area contributed by atoms with Crippen molar-refractivity contribution in [3.8, 4) is 11.5 Å². The maximum Gasteiger partial charge on any atom is 0.335 e. The van der Waals surface area contributed by atoms with Crippen LogP contribution in [0.3, 0.4) is 0 Å². The molecule has 0 bridgehead atoms. The largest absolute Gasteiger partial charge is 0.478 e. The van der Waals surface area contributed by atoms with Crippen LogP contribution < -0.4 is 4.74 Å². The third kappa shape index (κ3) is 5.95. The van der Waals surface area contributed by atoms with Crippen molar-refractivity contribution < 1.29 is 19.4 Å². The summed E-state index contributed by atoms with van der Waals surface area (Å²) in [6.45, 7) is 4.80. The Bertz CT molecular complexity index is 1290. The van der Waals surface area contributed by atoms with Gasteiger partial charge in [-0.3, -0.25) is 4.79 Å². The molecule has 35 heavy (non-hydrogen) atoms. The fourth-order valence-corrected chi connectivity index (χ4v) is 3.90. The Kier molecular flexibility index (Phi) is 7.27. The number of para-hydroxylation sites is 1. The van der Waals surface area contributed by atoms with E-state index in [0.29, 0.717) is 24.4 Å². The zero-order valence-electron chi connectivity index (χ0n) is 19.8. The molecule has 0 fully saturated rings. The van der Waals surface area contributed by atoms with Crippen molar-refractivity contribution in [1.82, 2.24) is 4.90 Å². The van der Waals surface area contributed by atoms with Crippen molar-refractivity contribution in [1.29, 1.82) is 0 Å². The molecule has 0 aliphatic carbocycles. The van der Waals surface area contributed by atoms with E-state index in [-0.39, 0.29) is 11.5 Å². The second-order valence-corrected chi connectivity index (χ2v) is 8.50. The Morgan fingerprint density at radius 3 is 1.80 bits per heavy atom. The second-order valence-electron chi connectivity index (χ2n) is 8.50. The van der Waals surface area contributed by atoms with Gasteiger partial charge in [0.1, 0.15) is 11.5 Å². The van der Waals surface area contributed by atoms with Crippen LogP contribution >= 0.6 is 0 Å². The molecule has 0 radical (unpaired) electrons. The van der Waals surface area contributed by atoms with Crippen LogP contribution in [0, 0.1) is 13.8 Å². The molecule has 4 rings (SSSR count). The maximum absolute atomic E-state index is 13.5. The summed E-state index contributed by atoms with van der Waals surface area (Å²) in [6.07, 6.45) is 0. The van der Waals surface area contributed by atoms with Gasteiger partial charge in [0.05, 0.1) is 5.56 Å². The molecule has 176 valence electrons. The molecule has 0 spiro atoms. The van der Waals surface area contributed by atoms with Crippen LogP contribution in [-0.2, 0) is 13.1 Å². The summed E-state index contributed by atoms with van der Waals surface area (Å²) < 4.78 is 6.08. The van der Waals surface area contributed by atoms with Crippen molar-refractivity contribution in [2.75, 3.05) is 0 Å². The number of carboxylic acid groups (broad SMARTS) is 1. The van der Waals surface area contributed by atoms with Crippen LogP contribution in [0.5, 0.6) is 11.5 Å². The van der Waals surface area contributed by atoms with Crippen molar-refractivity contribution in [2.24, 2.45) is 0 Å². The molecule has 4 aromatic rings. The number of rotatable bonds is 8. The number of carboxylic acids is 1. The topological polar surface area (TPSA) is 66.8 Å². The molecule has 0 heterocycles. The van der Waals surface area contributed by atoms with Crippen LogP contribution in [-0.4, -0.2) is 21.9 Å². The first-order chi connectivity index (χ1) is 16.9. The molecule has 4 aromatic carbocycles. The van der Waals surface area contributed by atoms with E-state index in [2.05, 4.69) is 0 Å². The number of hydrogen-bond acceptors (Lipinski definition) is 3. The lowest BCUT2D eigenvalue weighted by Gasteiger charge is -2.23. The van der Waals surface area contributed by atoms with Crippen molar-refractivity contribution in [3.63, 3.8) is 0 Å². The third-order valence-corrected chi connectivity index (χ3v) is 5.81. The number of carbonyl (C=O) groups is 2. The smallest absolute Gasteiger partial charge is 0.335 e. The van der Waals surface area contributed by atoms with Gasteiger partial charge < -0.3 is 14.7 Å².